The fourth-order valence-corrected chi connectivity index (χ4v) is 5.98. The molecule has 1 aromatic heterocycles. The van der Waals surface area contributed by atoms with Crippen LogP contribution in [0.3, 0.4) is 0 Å². The van der Waals surface area contributed by atoms with E-state index in [1.807, 2.05) is 13.8 Å². The number of benzene rings is 1. The number of anilines is 1. The first kappa shape index (κ1) is 24.7. The summed E-state index contributed by atoms with van der Waals surface area (Å²) in [7, 11) is -3.71. The van der Waals surface area contributed by atoms with Crippen LogP contribution in [0.4, 0.5) is 9.52 Å². The number of nitrogens with zero attached hydrogens (tertiary/aromatic N) is 3. The van der Waals surface area contributed by atoms with Gasteiger partial charge in [0.15, 0.2) is 22.1 Å². The summed E-state index contributed by atoms with van der Waals surface area (Å²) >= 11 is 0.678. The van der Waals surface area contributed by atoms with Gasteiger partial charge < -0.3 is 14.9 Å². The van der Waals surface area contributed by atoms with E-state index in [-0.39, 0.29) is 33.9 Å². The van der Waals surface area contributed by atoms with Gasteiger partial charge in [-0.15, -0.1) is 0 Å². The van der Waals surface area contributed by atoms with E-state index in [1.54, 1.807) is 0 Å². The van der Waals surface area contributed by atoms with E-state index in [0.29, 0.717) is 49.6 Å². The molecule has 2 aliphatic heterocycles. The minimum Gasteiger partial charge on any atom is -0.389 e. The van der Waals surface area contributed by atoms with Gasteiger partial charge in [0.2, 0.25) is 10.0 Å². The van der Waals surface area contributed by atoms with Gasteiger partial charge in [0, 0.05) is 37.2 Å². The van der Waals surface area contributed by atoms with E-state index in [9.17, 15) is 17.6 Å². The van der Waals surface area contributed by atoms with Crippen molar-refractivity contribution >= 4 is 38.1 Å². The molecule has 2 N–H and O–H groups in total. The summed E-state index contributed by atoms with van der Waals surface area (Å²) in [5, 5.41) is 9.35. The lowest BCUT2D eigenvalue weighted by Crippen LogP contribution is -2.55. The zero-order valence-electron chi connectivity index (χ0n) is 18.7. The van der Waals surface area contributed by atoms with Crippen LogP contribution in [0.1, 0.15) is 25.8 Å². The van der Waals surface area contributed by atoms with Crippen molar-refractivity contribution < 1.29 is 27.2 Å². The van der Waals surface area contributed by atoms with Crippen molar-refractivity contribution in [1.82, 2.24) is 14.6 Å². The first-order chi connectivity index (χ1) is 16.2. The van der Waals surface area contributed by atoms with Gasteiger partial charge in [-0.3, -0.25) is 10.1 Å². The Kier molecular flexibility index (Phi) is 7.57. The molecule has 34 heavy (non-hydrogen) atoms. The van der Waals surface area contributed by atoms with Crippen molar-refractivity contribution in [2.75, 3.05) is 31.6 Å². The Bertz CT molecular complexity index is 1140. The van der Waals surface area contributed by atoms with Crippen LogP contribution in [0, 0.1) is 5.13 Å². The van der Waals surface area contributed by atoms with Crippen molar-refractivity contribution in [3.05, 3.63) is 41.2 Å². The molecule has 3 atom stereocenters. The molecular weight excluding hydrogens is 485 g/mol. The Hall–Kier alpha value is -2.45. The van der Waals surface area contributed by atoms with Crippen LogP contribution >= 0.6 is 11.3 Å². The number of nitrogens with one attached hydrogen (secondary N) is 2. The highest BCUT2D eigenvalue weighted by Crippen LogP contribution is 2.21. The Morgan fingerprint density at radius 2 is 2.00 bits per heavy atom. The van der Waals surface area contributed by atoms with Crippen molar-refractivity contribution in [2.24, 2.45) is 5.16 Å². The van der Waals surface area contributed by atoms with Gasteiger partial charge in [0.1, 0.15) is 0 Å². The van der Waals surface area contributed by atoms with Crippen LogP contribution in [0.5, 0.6) is 0 Å². The van der Waals surface area contributed by atoms with Crippen molar-refractivity contribution in [3.8, 4) is 0 Å². The van der Waals surface area contributed by atoms with Crippen LogP contribution in [0.25, 0.3) is 0 Å². The highest BCUT2D eigenvalue weighted by atomic mass is 32.2. The zero-order chi connectivity index (χ0) is 24.3. The van der Waals surface area contributed by atoms with Crippen LogP contribution in [0.15, 0.2) is 40.5 Å². The van der Waals surface area contributed by atoms with Gasteiger partial charge in [-0.05, 0) is 26.0 Å². The average Bonchev–Trinajstić information content (AvgIpc) is 3.45. The summed E-state index contributed by atoms with van der Waals surface area (Å²) in [6, 6.07) is 5.94. The van der Waals surface area contributed by atoms with E-state index in [2.05, 4.69) is 20.8 Å². The monoisotopic (exact) mass is 511 g/mol. The fraction of sp³-hybridized carbons (Fsp3) is 0.476. The number of piperazine rings is 1. The molecule has 0 bridgehead atoms. The zero-order valence-corrected chi connectivity index (χ0v) is 20.4. The lowest BCUT2D eigenvalue weighted by molar-refractivity contribution is -0.110. The number of amides is 1. The van der Waals surface area contributed by atoms with Gasteiger partial charge >= 0.3 is 0 Å². The standard InChI is InChI=1S/C21H26FN5O5S2/c1-13-10-27(11-14(2)24-13)34(29,30)17-5-3-15(4-6-17)19(26-32-16-7-8-31-12-16)20(28)25-21-23-9-18(22)33-21/h3-6,9,13-14,16,24H,7-8,10-12H2,1-2H3,(H,23,25,28)/t13-,14+,16-/m1/s1. The predicted molar refractivity (Wildman–Crippen MR) is 125 cm³/mol. The Labute approximate surface area is 201 Å². The maximum absolute atomic E-state index is 13.3. The second kappa shape index (κ2) is 10.4. The van der Waals surface area contributed by atoms with E-state index in [0.717, 1.165) is 6.20 Å². The minimum atomic E-state index is -3.71. The topological polar surface area (TPSA) is 122 Å². The number of aromatic nitrogens is 1. The van der Waals surface area contributed by atoms with Gasteiger partial charge in [-0.25, -0.2) is 13.4 Å². The molecule has 2 saturated heterocycles. The van der Waals surface area contributed by atoms with Crippen LogP contribution in [0.2, 0.25) is 0 Å². The summed E-state index contributed by atoms with van der Waals surface area (Å²) in [6.45, 7) is 5.50. The highest BCUT2D eigenvalue weighted by molar-refractivity contribution is 7.89. The first-order valence-electron chi connectivity index (χ1n) is 10.8. The number of carbonyl (C=O) groups excluding carboxylic acids is 1. The molecule has 1 aromatic carbocycles. The van der Waals surface area contributed by atoms with Gasteiger partial charge in [-0.2, -0.15) is 8.70 Å². The smallest absolute Gasteiger partial charge is 0.280 e. The molecule has 1 amide bonds. The maximum Gasteiger partial charge on any atom is 0.280 e. The lowest BCUT2D eigenvalue weighted by atomic mass is 10.1. The molecule has 184 valence electrons. The number of halogens is 1. The minimum absolute atomic E-state index is 0.0349. The number of hydrogen-bond donors (Lipinski definition) is 2. The third-order valence-electron chi connectivity index (χ3n) is 5.38. The molecule has 0 unspecified atom stereocenters. The third-order valence-corrected chi connectivity index (χ3v) is 7.93. The number of sulfonamides is 1. The molecule has 0 aliphatic carbocycles. The average molecular weight is 512 g/mol. The fourth-order valence-electron chi connectivity index (χ4n) is 3.82. The largest absolute Gasteiger partial charge is 0.389 e. The molecule has 2 fully saturated rings. The van der Waals surface area contributed by atoms with Gasteiger partial charge in [0.05, 0.1) is 24.3 Å². The predicted octanol–water partition coefficient (Wildman–Crippen LogP) is 1.80. The Balaban J connectivity index is 1.57. The Morgan fingerprint density at radius 3 is 2.59 bits per heavy atom. The number of hydrogen-bond acceptors (Lipinski definition) is 9. The molecule has 13 heteroatoms. The molecular formula is C21H26FN5O5S2. The summed E-state index contributed by atoms with van der Waals surface area (Å²) < 4.78 is 46.3. The summed E-state index contributed by atoms with van der Waals surface area (Å²) in [5.74, 6) is -0.659. The van der Waals surface area contributed by atoms with Crippen LogP contribution < -0.4 is 10.6 Å². The van der Waals surface area contributed by atoms with Crippen molar-refractivity contribution in [2.45, 2.75) is 43.4 Å². The number of rotatable bonds is 7. The van der Waals surface area contributed by atoms with Gasteiger partial charge in [-0.1, -0.05) is 28.6 Å². The molecule has 0 radical (unpaired) electrons. The molecule has 2 aliphatic rings. The Morgan fingerprint density at radius 1 is 1.29 bits per heavy atom. The number of carbonyl (C=O) groups is 1. The first-order valence-corrected chi connectivity index (χ1v) is 13.1. The number of oxime groups is 1. The molecule has 0 spiro atoms. The van der Waals surface area contributed by atoms with Crippen molar-refractivity contribution in [3.63, 3.8) is 0 Å². The summed E-state index contributed by atoms with van der Waals surface area (Å²) in [4.78, 5) is 22.3. The second-order valence-corrected chi connectivity index (χ2v) is 11.2. The quantitative estimate of drug-likeness (QED) is 0.429. The second-order valence-electron chi connectivity index (χ2n) is 8.27. The van der Waals surface area contributed by atoms with Crippen molar-refractivity contribution in [1.29, 1.82) is 0 Å². The molecule has 4 rings (SSSR count). The maximum atomic E-state index is 13.3. The third kappa shape index (κ3) is 5.78. The summed E-state index contributed by atoms with van der Waals surface area (Å²) in [5.41, 5.74) is 0.255. The van der Waals surface area contributed by atoms with E-state index in [4.69, 9.17) is 9.57 Å². The highest BCUT2D eigenvalue weighted by Gasteiger charge is 2.31. The normalized spacial score (nSPS) is 24.2. The summed E-state index contributed by atoms with van der Waals surface area (Å²) in [6.07, 6.45) is 1.34. The SMILES string of the molecule is C[C@@H]1CN(S(=O)(=O)c2ccc(C(=NO[C@@H]3CCOC3)C(=O)Nc3ncc(F)s3)cc2)C[C@H](C)N1. The number of thiazole rings is 1. The molecule has 10 nitrogen and oxygen atoms in total. The van der Waals surface area contributed by atoms with E-state index < -0.39 is 21.1 Å². The van der Waals surface area contributed by atoms with Crippen LogP contribution in [-0.4, -0.2) is 73.8 Å². The van der Waals surface area contributed by atoms with Crippen LogP contribution in [-0.2, 0) is 24.4 Å². The number of ether oxygens (including phenoxy) is 1. The van der Waals surface area contributed by atoms with E-state index >= 15 is 0 Å². The van der Waals surface area contributed by atoms with Gasteiger partial charge in [0.25, 0.3) is 5.91 Å². The van der Waals surface area contributed by atoms with E-state index in [1.165, 1.54) is 28.6 Å². The lowest BCUT2D eigenvalue weighted by Gasteiger charge is -2.35. The molecule has 0 saturated carbocycles. The molecule has 3 heterocycles. The molecule has 2 aromatic rings.